The average molecular weight is 392 g/mol. The third-order valence-electron chi connectivity index (χ3n) is 4.23. The first kappa shape index (κ1) is 19.4. The fraction of sp³-hybridized carbons (Fsp3) is 0.412. The lowest BCUT2D eigenvalue weighted by Gasteiger charge is -2.12. The molecule has 0 unspecified atom stereocenters. The molecule has 1 aromatic carbocycles. The first-order valence-corrected chi connectivity index (χ1v) is 8.25. The van der Waals surface area contributed by atoms with Crippen LogP contribution in [0, 0.1) is 0 Å². The average Bonchev–Trinajstić information content (AvgIpc) is 3.23. The maximum atomic E-state index is 12.9. The second-order valence-corrected chi connectivity index (χ2v) is 6.35. The molecule has 2 heterocycles. The third-order valence-corrected chi connectivity index (χ3v) is 4.23. The summed E-state index contributed by atoms with van der Waals surface area (Å²) in [5, 5.41) is 3.68. The van der Waals surface area contributed by atoms with Gasteiger partial charge >= 0.3 is 12.4 Å². The molecule has 2 aromatic rings. The molecule has 0 spiro atoms. The number of rotatable bonds is 4. The van der Waals surface area contributed by atoms with E-state index in [1.165, 1.54) is 11.0 Å². The molecule has 3 rings (SSSR count). The van der Waals surface area contributed by atoms with Crippen molar-refractivity contribution < 1.29 is 35.8 Å². The van der Waals surface area contributed by atoms with E-state index < -0.39 is 23.5 Å². The summed E-state index contributed by atoms with van der Waals surface area (Å²) < 4.78 is 82.3. The third kappa shape index (κ3) is 5.09. The van der Waals surface area contributed by atoms with Gasteiger partial charge in [-0.3, -0.25) is 0 Å². The lowest BCUT2D eigenvalue weighted by Crippen LogP contribution is -3.08. The Morgan fingerprint density at radius 2 is 1.52 bits per heavy atom. The summed E-state index contributed by atoms with van der Waals surface area (Å²) in [4.78, 5) is 5.39. The highest BCUT2D eigenvalue weighted by Crippen LogP contribution is 2.36. The molecule has 0 aliphatic carbocycles. The van der Waals surface area contributed by atoms with Crippen molar-refractivity contribution in [3.8, 4) is 0 Å². The molecule has 1 aliphatic heterocycles. The first-order valence-electron chi connectivity index (χ1n) is 8.25. The summed E-state index contributed by atoms with van der Waals surface area (Å²) >= 11 is 0. The van der Waals surface area contributed by atoms with Gasteiger partial charge in [0.05, 0.1) is 24.2 Å². The molecular weight excluding hydrogens is 376 g/mol. The minimum absolute atomic E-state index is 0.0859. The van der Waals surface area contributed by atoms with Crippen LogP contribution in [0.1, 0.15) is 41.2 Å². The number of halogens is 6. The van der Waals surface area contributed by atoms with Crippen LogP contribution >= 0.6 is 0 Å². The second kappa shape index (κ2) is 7.34. The van der Waals surface area contributed by atoms with E-state index in [0.717, 1.165) is 32.0 Å². The zero-order valence-electron chi connectivity index (χ0n) is 14.0. The topological polar surface area (TPSA) is 43.4 Å². The predicted molar refractivity (Wildman–Crippen MR) is 83.3 cm³/mol. The van der Waals surface area contributed by atoms with Gasteiger partial charge in [-0.1, -0.05) is 11.2 Å². The van der Waals surface area contributed by atoms with Crippen LogP contribution < -0.4 is 4.90 Å². The number of quaternary nitrogens is 1. The molecule has 0 saturated carbocycles. The van der Waals surface area contributed by atoms with Crippen molar-refractivity contribution in [1.29, 1.82) is 0 Å². The Hall–Kier alpha value is -2.36. The summed E-state index contributed by atoms with van der Waals surface area (Å²) in [7, 11) is 0. The van der Waals surface area contributed by atoms with E-state index in [2.05, 4.69) is 10.1 Å². The fourth-order valence-electron chi connectivity index (χ4n) is 2.92. The van der Waals surface area contributed by atoms with Crippen molar-refractivity contribution >= 4 is 12.2 Å². The predicted octanol–water partition coefficient (Wildman–Crippen LogP) is 3.46. The van der Waals surface area contributed by atoms with Gasteiger partial charge in [0.2, 0.25) is 0 Å². The molecule has 1 aromatic heterocycles. The molecular formula is C17H16F6N3O+. The molecule has 146 valence electrons. The van der Waals surface area contributed by atoms with E-state index in [1.54, 1.807) is 0 Å². The number of nitrogens with zero attached hydrogens (tertiary/aromatic N) is 2. The number of hydrogen-bond donors (Lipinski definition) is 1. The molecule has 1 fully saturated rings. The number of likely N-dealkylation sites (tertiary alicyclic amines) is 1. The maximum absolute atomic E-state index is 12.9. The number of aromatic nitrogens is 2. The summed E-state index contributed by atoms with van der Waals surface area (Å²) in [5.41, 5.74) is -3.00. The second-order valence-electron chi connectivity index (χ2n) is 6.35. The van der Waals surface area contributed by atoms with E-state index in [-0.39, 0.29) is 17.5 Å². The van der Waals surface area contributed by atoms with E-state index in [4.69, 9.17) is 4.52 Å². The Labute approximate surface area is 150 Å². The van der Waals surface area contributed by atoms with Crippen LogP contribution in [0.5, 0.6) is 0 Å². The molecule has 0 amide bonds. The van der Waals surface area contributed by atoms with Gasteiger partial charge in [-0.25, -0.2) is 0 Å². The maximum Gasteiger partial charge on any atom is 0.416 e. The van der Waals surface area contributed by atoms with E-state index in [1.807, 2.05) is 0 Å². The Bertz CT molecular complexity index is 787. The van der Waals surface area contributed by atoms with Crippen LogP contribution in [0.3, 0.4) is 0 Å². The standard InChI is InChI=1S/C17H15F6N3O/c18-16(19,20)12-7-11(8-13(9-12)17(21,22)23)3-4-14-24-15(27-25-14)10-26-5-1-2-6-26/h3-4,7-9H,1-2,5-6,10H2/p+1/b4-3+. The van der Waals surface area contributed by atoms with Gasteiger partial charge < -0.3 is 9.42 Å². The van der Waals surface area contributed by atoms with Gasteiger partial charge in [-0.2, -0.15) is 31.3 Å². The molecule has 4 nitrogen and oxygen atoms in total. The van der Waals surface area contributed by atoms with Crippen molar-refractivity contribution in [1.82, 2.24) is 10.1 Å². The normalized spacial score (nSPS) is 16.5. The first-order chi connectivity index (χ1) is 12.6. The Morgan fingerprint density at radius 3 is 2.07 bits per heavy atom. The number of hydrogen-bond acceptors (Lipinski definition) is 3. The van der Waals surface area contributed by atoms with Crippen molar-refractivity contribution in [2.45, 2.75) is 31.7 Å². The van der Waals surface area contributed by atoms with Crippen LogP contribution in [0.4, 0.5) is 26.3 Å². The zero-order chi connectivity index (χ0) is 19.7. The van der Waals surface area contributed by atoms with Gasteiger partial charge in [0.25, 0.3) is 5.89 Å². The van der Waals surface area contributed by atoms with Crippen LogP contribution in [0.25, 0.3) is 12.2 Å². The van der Waals surface area contributed by atoms with Crippen molar-refractivity contribution in [2.75, 3.05) is 13.1 Å². The smallest absolute Gasteiger partial charge is 0.333 e. The van der Waals surface area contributed by atoms with Crippen LogP contribution in [0.15, 0.2) is 22.7 Å². The van der Waals surface area contributed by atoms with Crippen molar-refractivity contribution in [3.05, 3.63) is 46.6 Å². The summed E-state index contributed by atoms with van der Waals surface area (Å²) in [5.74, 6) is 0.473. The largest absolute Gasteiger partial charge is 0.416 e. The lowest BCUT2D eigenvalue weighted by molar-refractivity contribution is -0.902. The number of benzene rings is 1. The molecule has 0 bridgehead atoms. The van der Waals surface area contributed by atoms with E-state index in [9.17, 15) is 26.3 Å². The monoisotopic (exact) mass is 392 g/mol. The number of alkyl halides is 6. The van der Waals surface area contributed by atoms with Crippen LogP contribution in [-0.4, -0.2) is 23.2 Å². The minimum Gasteiger partial charge on any atom is -0.333 e. The molecule has 0 radical (unpaired) electrons. The quantitative estimate of drug-likeness (QED) is 0.811. The Morgan fingerprint density at radius 1 is 0.926 bits per heavy atom. The van der Waals surface area contributed by atoms with Crippen LogP contribution in [-0.2, 0) is 18.9 Å². The van der Waals surface area contributed by atoms with Gasteiger partial charge in [0.15, 0.2) is 12.4 Å². The van der Waals surface area contributed by atoms with Crippen LogP contribution in [0.2, 0.25) is 0 Å². The summed E-state index contributed by atoms with van der Waals surface area (Å²) in [6.07, 6.45) is -5.21. The fourth-order valence-corrected chi connectivity index (χ4v) is 2.92. The highest BCUT2D eigenvalue weighted by Gasteiger charge is 2.36. The van der Waals surface area contributed by atoms with Gasteiger partial charge in [-0.15, -0.1) is 0 Å². The van der Waals surface area contributed by atoms with E-state index in [0.29, 0.717) is 24.6 Å². The molecule has 1 aliphatic rings. The highest BCUT2D eigenvalue weighted by molar-refractivity contribution is 5.67. The number of nitrogens with one attached hydrogen (secondary N) is 1. The molecule has 10 heteroatoms. The minimum atomic E-state index is -4.89. The van der Waals surface area contributed by atoms with Gasteiger partial charge in [-0.05, 0) is 29.8 Å². The molecule has 27 heavy (non-hydrogen) atoms. The molecule has 1 N–H and O–H groups in total. The lowest BCUT2D eigenvalue weighted by atomic mass is 10.0. The highest BCUT2D eigenvalue weighted by atomic mass is 19.4. The van der Waals surface area contributed by atoms with E-state index >= 15 is 0 Å². The van der Waals surface area contributed by atoms with Gasteiger partial charge in [0.1, 0.15) is 0 Å². The van der Waals surface area contributed by atoms with Gasteiger partial charge in [0, 0.05) is 12.8 Å². The molecule has 0 atom stereocenters. The Balaban J connectivity index is 1.80. The Kier molecular flexibility index (Phi) is 5.27. The van der Waals surface area contributed by atoms with Crippen molar-refractivity contribution in [2.24, 2.45) is 0 Å². The molecule has 1 saturated heterocycles. The zero-order valence-corrected chi connectivity index (χ0v) is 14.0. The summed E-state index contributed by atoms with van der Waals surface area (Å²) in [6.45, 7) is 2.54. The van der Waals surface area contributed by atoms with Crippen molar-refractivity contribution in [3.63, 3.8) is 0 Å². The summed E-state index contributed by atoms with van der Waals surface area (Å²) in [6, 6.07) is 1.37. The SMILES string of the molecule is FC(F)(F)c1cc(/C=C/c2noc(C[NH+]3CCCC3)n2)cc(C(F)(F)F)c1.